The summed E-state index contributed by atoms with van der Waals surface area (Å²) in [5.74, 6) is 1.87. The monoisotopic (exact) mass is 460 g/mol. The Morgan fingerprint density at radius 1 is 0.939 bits per heavy atom. The van der Waals surface area contributed by atoms with E-state index in [1.165, 1.54) is 18.7 Å². The fourth-order valence-corrected chi connectivity index (χ4v) is 4.63. The topological polar surface area (TPSA) is 70.4 Å². The number of benzene rings is 3. The first-order chi connectivity index (χ1) is 16.0. The Kier molecular flexibility index (Phi) is 6.79. The van der Waals surface area contributed by atoms with Gasteiger partial charge in [-0.1, -0.05) is 42.1 Å². The summed E-state index contributed by atoms with van der Waals surface area (Å²) in [6.45, 7) is 1.86. The molecular formula is C26H24N2O4S. The van der Waals surface area contributed by atoms with Crippen LogP contribution < -0.4 is 15.0 Å². The van der Waals surface area contributed by atoms with Crippen LogP contribution in [0, 0.1) is 0 Å². The minimum Gasteiger partial charge on any atom is -0.496 e. The van der Waals surface area contributed by atoms with Gasteiger partial charge in [-0.15, -0.1) is 0 Å². The summed E-state index contributed by atoms with van der Waals surface area (Å²) in [6.07, 6.45) is 0. The van der Waals surface area contributed by atoms with Gasteiger partial charge in [0.2, 0.25) is 0 Å². The summed E-state index contributed by atoms with van der Waals surface area (Å²) in [5, 5.41) is 1.15. The average Bonchev–Trinajstić information content (AvgIpc) is 2.84. The van der Waals surface area contributed by atoms with Crippen LogP contribution in [0.15, 0.2) is 76.7 Å². The van der Waals surface area contributed by atoms with E-state index in [-0.39, 0.29) is 11.3 Å². The number of carbonyl (C=O) groups is 1. The zero-order valence-corrected chi connectivity index (χ0v) is 19.5. The molecule has 4 rings (SSSR count). The van der Waals surface area contributed by atoms with Crippen LogP contribution in [-0.4, -0.2) is 29.6 Å². The van der Waals surface area contributed by atoms with Gasteiger partial charge in [0, 0.05) is 22.4 Å². The summed E-state index contributed by atoms with van der Waals surface area (Å²) in [5.41, 5.74) is 2.90. The lowest BCUT2D eigenvalue weighted by molar-refractivity contribution is 0.101. The van der Waals surface area contributed by atoms with Crippen molar-refractivity contribution in [2.75, 3.05) is 14.2 Å². The quantitative estimate of drug-likeness (QED) is 0.210. The molecule has 4 aromatic rings. The van der Waals surface area contributed by atoms with Crippen molar-refractivity contribution in [2.24, 2.45) is 0 Å². The third kappa shape index (κ3) is 4.78. The number of Topliss-reactive ketones (excluding diaryl/α,β-unsaturated/α-hetero) is 1. The van der Waals surface area contributed by atoms with Crippen molar-refractivity contribution in [3.05, 3.63) is 93.8 Å². The Morgan fingerprint density at radius 3 is 2.39 bits per heavy atom. The molecule has 3 aromatic carbocycles. The number of ether oxygens (including phenoxy) is 2. The fraction of sp³-hybridized carbons (Fsp3) is 0.192. The molecule has 0 amide bonds. The van der Waals surface area contributed by atoms with Gasteiger partial charge in [0.05, 0.1) is 31.7 Å². The van der Waals surface area contributed by atoms with Crippen LogP contribution in [0.5, 0.6) is 11.5 Å². The smallest absolute Gasteiger partial charge is 0.262 e. The van der Waals surface area contributed by atoms with Crippen LogP contribution in [0.2, 0.25) is 0 Å². The minimum absolute atomic E-state index is 0.0131. The molecule has 0 radical (unpaired) electrons. The lowest BCUT2D eigenvalue weighted by Crippen LogP contribution is -2.24. The maximum atomic E-state index is 13.4. The van der Waals surface area contributed by atoms with Crippen molar-refractivity contribution in [2.45, 2.75) is 24.4 Å². The molecule has 0 saturated heterocycles. The van der Waals surface area contributed by atoms with Gasteiger partial charge in [0.25, 0.3) is 5.56 Å². The Bertz CT molecular complexity index is 1380. The largest absolute Gasteiger partial charge is 0.496 e. The highest BCUT2D eigenvalue weighted by molar-refractivity contribution is 7.98. The SMILES string of the molecule is COc1ccc(C(C)=O)cc1CSc1nc2ccccc2c(=O)n1Cc1ccccc1OC. The number of methoxy groups -OCH3 is 2. The molecule has 0 N–H and O–H groups in total. The van der Waals surface area contributed by atoms with Crippen molar-refractivity contribution in [3.8, 4) is 11.5 Å². The van der Waals surface area contributed by atoms with Gasteiger partial charge in [-0.25, -0.2) is 4.98 Å². The molecule has 0 aliphatic rings. The molecule has 0 spiro atoms. The van der Waals surface area contributed by atoms with Crippen LogP contribution in [0.3, 0.4) is 0 Å². The molecule has 7 heteroatoms. The van der Waals surface area contributed by atoms with E-state index in [0.29, 0.717) is 45.4 Å². The van der Waals surface area contributed by atoms with Crippen molar-refractivity contribution in [1.82, 2.24) is 9.55 Å². The second-order valence-electron chi connectivity index (χ2n) is 7.49. The standard InChI is InChI=1S/C26H24N2O4S/c1-17(29)18-12-13-24(32-3)20(14-18)16-33-26-27-22-10-6-5-9-21(22)25(30)28(26)15-19-8-4-7-11-23(19)31-2/h4-14H,15-16H2,1-3H3. The summed E-state index contributed by atoms with van der Waals surface area (Å²) in [6, 6.07) is 20.3. The Morgan fingerprint density at radius 2 is 1.64 bits per heavy atom. The van der Waals surface area contributed by atoms with E-state index in [1.807, 2.05) is 48.5 Å². The number of rotatable bonds is 8. The van der Waals surface area contributed by atoms with Crippen molar-refractivity contribution >= 4 is 28.4 Å². The first kappa shape index (κ1) is 22.6. The number of hydrogen-bond acceptors (Lipinski definition) is 6. The van der Waals surface area contributed by atoms with E-state index in [2.05, 4.69) is 0 Å². The first-order valence-corrected chi connectivity index (χ1v) is 11.4. The predicted octanol–water partition coefficient (Wildman–Crippen LogP) is 4.96. The molecule has 0 aliphatic carbocycles. The average molecular weight is 461 g/mol. The van der Waals surface area contributed by atoms with Gasteiger partial charge in [0.1, 0.15) is 11.5 Å². The van der Waals surface area contributed by atoms with E-state index in [0.717, 1.165) is 11.1 Å². The number of fused-ring (bicyclic) bond motifs is 1. The molecule has 0 bridgehead atoms. The van der Waals surface area contributed by atoms with Crippen molar-refractivity contribution in [1.29, 1.82) is 0 Å². The highest BCUT2D eigenvalue weighted by Gasteiger charge is 2.15. The van der Waals surface area contributed by atoms with E-state index >= 15 is 0 Å². The number of hydrogen-bond donors (Lipinski definition) is 0. The normalized spacial score (nSPS) is 10.9. The number of ketones is 1. The number of para-hydroxylation sites is 2. The van der Waals surface area contributed by atoms with Crippen LogP contribution in [0.4, 0.5) is 0 Å². The number of thioether (sulfide) groups is 1. The molecule has 1 heterocycles. The third-order valence-corrected chi connectivity index (χ3v) is 6.42. The molecule has 33 heavy (non-hydrogen) atoms. The number of carbonyl (C=O) groups excluding carboxylic acids is 1. The number of aromatic nitrogens is 2. The Hall–Kier alpha value is -3.58. The van der Waals surface area contributed by atoms with Crippen LogP contribution in [0.25, 0.3) is 10.9 Å². The van der Waals surface area contributed by atoms with Gasteiger partial charge >= 0.3 is 0 Å². The molecular weight excluding hydrogens is 436 g/mol. The summed E-state index contributed by atoms with van der Waals surface area (Å²) in [7, 11) is 3.22. The fourth-order valence-electron chi connectivity index (χ4n) is 3.65. The summed E-state index contributed by atoms with van der Waals surface area (Å²) >= 11 is 1.43. The molecule has 0 fully saturated rings. The molecule has 1 aromatic heterocycles. The van der Waals surface area contributed by atoms with Crippen LogP contribution >= 0.6 is 11.8 Å². The highest BCUT2D eigenvalue weighted by atomic mass is 32.2. The van der Waals surface area contributed by atoms with Crippen LogP contribution in [-0.2, 0) is 12.3 Å². The molecule has 0 atom stereocenters. The molecule has 0 saturated carbocycles. The molecule has 0 unspecified atom stereocenters. The summed E-state index contributed by atoms with van der Waals surface area (Å²) < 4.78 is 12.7. The van der Waals surface area contributed by atoms with E-state index in [4.69, 9.17) is 14.5 Å². The zero-order valence-electron chi connectivity index (χ0n) is 18.7. The molecule has 6 nitrogen and oxygen atoms in total. The maximum Gasteiger partial charge on any atom is 0.262 e. The van der Waals surface area contributed by atoms with Gasteiger partial charge in [-0.2, -0.15) is 0 Å². The second-order valence-corrected chi connectivity index (χ2v) is 8.43. The van der Waals surface area contributed by atoms with E-state index in [9.17, 15) is 9.59 Å². The maximum absolute atomic E-state index is 13.4. The third-order valence-electron chi connectivity index (χ3n) is 5.39. The first-order valence-electron chi connectivity index (χ1n) is 10.4. The lowest BCUT2D eigenvalue weighted by atomic mass is 10.1. The van der Waals surface area contributed by atoms with E-state index in [1.54, 1.807) is 37.0 Å². The van der Waals surface area contributed by atoms with Crippen molar-refractivity contribution in [3.63, 3.8) is 0 Å². The predicted molar refractivity (Wildman–Crippen MR) is 131 cm³/mol. The molecule has 0 aliphatic heterocycles. The molecule has 168 valence electrons. The van der Waals surface area contributed by atoms with Gasteiger partial charge in [-0.05, 0) is 43.3 Å². The van der Waals surface area contributed by atoms with E-state index < -0.39 is 0 Å². The highest BCUT2D eigenvalue weighted by Crippen LogP contribution is 2.29. The Labute approximate surface area is 196 Å². The lowest BCUT2D eigenvalue weighted by Gasteiger charge is -2.16. The van der Waals surface area contributed by atoms with Crippen LogP contribution in [0.1, 0.15) is 28.4 Å². The Balaban J connectivity index is 1.77. The van der Waals surface area contributed by atoms with Gasteiger partial charge < -0.3 is 9.47 Å². The van der Waals surface area contributed by atoms with Gasteiger partial charge in [-0.3, -0.25) is 14.2 Å². The zero-order chi connectivity index (χ0) is 23.4. The van der Waals surface area contributed by atoms with Gasteiger partial charge in [0.15, 0.2) is 10.9 Å². The number of nitrogens with zero attached hydrogens (tertiary/aromatic N) is 2. The van der Waals surface area contributed by atoms with Crippen molar-refractivity contribution < 1.29 is 14.3 Å². The second kappa shape index (κ2) is 9.92. The minimum atomic E-state index is -0.113. The summed E-state index contributed by atoms with van der Waals surface area (Å²) in [4.78, 5) is 30.1.